The van der Waals surface area contributed by atoms with Crippen LogP contribution in [0.5, 0.6) is 5.75 Å². The molecule has 6 nitrogen and oxygen atoms in total. The molecule has 0 saturated heterocycles. The average molecular weight is 387 g/mol. The number of para-hydroxylation sites is 1. The number of rotatable bonds is 4. The maximum Gasteiger partial charge on any atom is 0.277 e. The van der Waals surface area contributed by atoms with Crippen LogP contribution in [0.1, 0.15) is 33.3 Å². The predicted molar refractivity (Wildman–Crippen MR) is 112 cm³/mol. The molecule has 1 unspecified atom stereocenters. The van der Waals surface area contributed by atoms with Gasteiger partial charge in [0.1, 0.15) is 11.4 Å². The third-order valence-corrected chi connectivity index (χ3v) is 4.99. The van der Waals surface area contributed by atoms with E-state index in [0.717, 1.165) is 17.7 Å². The lowest BCUT2D eigenvalue weighted by Gasteiger charge is -2.22. The number of benzene rings is 2. The first-order valence-corrected chi connectivity index (χ1v) is 9.40. The Balaban J connectivity index is 1.57. The third kappa shape index (κ3) is 3.69. The van der Waals surface area contributed by atoms with Crippen molar-refractivity contribution in [1.29, 1.82) is 0 Å². The van der Waals surface area contributed by atoms with Crippen LogP contribution >= 0.6 is 0 Å². The van der Waals surface area contributed by atoms with Gasteiger partial charge in [-0.2, -0.15) is 0 Å². The molecule has 1 N–H and O–H groups in total. The van der Waals surface area contributed by atoms with Gasteiger partial charge in [0.2, 0.25) is 0 Å². The van der Waals surface area contributed by atoms with Gasteiger partial charge in [0.25, 0.3) is 11.8 Å². The summed E-state index contributed by atoms with van der Waals surface area (Å²) in [5, 5.41) is 2.82. The minimum absolute atomic E-state index is 0.0379. The molecular weight excluding hydrogens is 366 g/mol. The van der Waals surface area contributed by atoms with Crippen molar-refractivity contribution >= 4 is 23.2 Å². The normalized spacial score (nSPS) is 15.0. The van der Waals surface area contributed by atoms with Crippen molar-refractivity contribution in [2.75, 3.05) is 17.3 Å². The monoisotopic (exact) mass is 387 g/mol. The van der Waals surface area contributed by atoms with Gasteiger partial charge >= 0.3 is 0 Å². The predicted octanol–water partition coefficient (Wildman–Crippen LogP) is 3.93. The number of fused-ring (bicyclic) bond motifs is 1. The number of amides is 2. The Labute approximate surface area is 169 Å². The minimum Gasteiger partial charge on any atom is -0.497 e. The van der Waals surface area contributed by atoms with Gasteiger partial charge in [-0.25, -0.2) is 0 Å². The second-order valence-corrected chi connectivity index (χ2v) is 6.97. The molecule has 2 amide bonds. The van der Waals surface area contributed by atoms with Gasteiger partial charge in [-0.3, -0.25) is 14.6 Å². The van der Waals surface area contributed by atoms with Crippen LogP contribution in [0.25, 0.3) is 0 Å². The van der Waals surface area contributed by atoms with Crippen molar-refractivity contribution in [1.82, 2.24) is 4.98 Å². The number of carbonyl (C=O) groups is 2. The summed E-state index contributed by atoms with van der Waals surface area (Å²) in [7, 11) is 1.57. The van der Waals surface area contributed by atoms with Crippen molar-refractivity contribution in [3.8, 4) is 5.75 Å². The largest absolute Gasteiger partial charge is 0.497 e. The molecule has 146 valence electrons. The van der Waals surface area contributed by atoms with Crippen LogP contribution in [-0.2, 0) is 6.42 Å². The van der Waals surface area contributed by atoms with Crippen molar-refractivity contribution < 1.29 is 14.3 Å². The topological polar surface area (TPSA) is 71.5 Å². The fourth-order valence-corrected chi connectivity index (χ4v) is 3.59. The van der Waals surface area contributed by atoms with Crippen LogP contribution in [0.4, 0.5) is 11.4 Å². The van der Waals surface area contributed by atoms with Crippen molar-refractivity contribution in [2.45, 2.75) is 19.4 Å². The SMILES string of the molecule is COc1cccc(NC(=O)c2ccnc(C(=O)N3c4ccccc4CC3C)c2)c1. The van der Waals surface area contributed by atoms with Crippen molar-refractivity contribution in [3.63, 3.8) is 0 Å². The molecule has 0 saturated carbocycles. The third-order valence-electron chi connectivity index (χ3n) is 4.99. The smallest absolute Gasteiger partial charge is 0.277 e. The number of nitrogens with zero attached hydrogens (tertiary/aromatic N) is 2. The molecule has 0 bridgehead atoms. The van der Waals surface area contributed by atoms with Gasteiger partial charge in [0.05, 0.1) is 7.11 Å². The molecule has 6 heteroatoms. The second-order valence-electron chi connectivity index (χ2n) is 6.97. The maximum absolute atomic E-state index is 13.2. The Morgan fingerprint density at radius 1 is 1.10 bits per heavy atom. The molecule has 0 fully saturated rings. The maximum atomic E-state index is 13.2. The number of nitrogens with one attached hydrogen (secondary N) is 1. The number of hydrogen-bond donors (Lipinski definition) is 1. The molecule has 4 rings (SSSR count). The molecule has 29 heavy (non-hydrogen) atoms. The average Bonchev–Trinajstić information content (AvgIpc) is 3.09. The van der Waals surface area contributed by atoms with Gasteiger partial charge in [-0.05, 0) is 49.2 Å². The van der Waals surface area contributed by atoms with E-state index in [1.807, 2.05) is 31.2 Å². The zero-order valence-electron chi connectivity index (χ0n) is 16.3. The number of pyridine rings is 1. The highest BCUT2D eigenvalue weighted by Crippen LogP contribution is 2.32. The molecule has 1 atom stereocenters. The van der Waals surface area contributed by atoms with E-state index in [9.17, 15) is 9.59 Å². The summed E-state index contributed by atoms with van der Waals surface area (Å²) in [5.74, 6) is 0.123. The molecule has 2 heterocycles. The first-order valence-electron chi connectivity index (χ1n) is 9.40. The Morgan fingerprint density at radius 3 is 2.76 bits per heavy atom. The summed E-state index contributed by atoms with van der Waals surface area (Å²) in [6, 6.07) is 18.1. The molecule has 1 aliphatic rings. The lowest BCUT2D eigenvalue weighted by Crippen LogP contribution is -2.36. The van der Waals surface area contributed by atoms with Gasteiger partial charge in [-0.1, -0.05) is 24.3 Å². The molecule has 0 radical (unpaired) electrons. The highest BCUT2D eigenvalue weighted by molar-refractivity contribution is 6.09. The fraction of sp³-hybridized carbons (Fsp3) is 0.174. The van der Waals surface area contributed by atoms with Crippen LogP contribution in [-0.4, -0.2) is 29.9 Å². The number of anilines is 2. The van der Waals surface area contributed by atoms with E-state index < -0.39 is 0 Å². The highest BCUT2D eigenvalue weighted by Gasteiger charge is 2.32. The van der Waals surface area contributed by atoms with E-state index in [4.69, 9.17) is 4.74 Å². The Kier molecular flexibility index (Phi) is 4.99. The Bertz CT molecular complexity index is 1080. The van der Waals surface area contributed by atoms with Crippen molar-refractivity contribution in [3.05, 3.63) is 83.7 Å². The molecule has 0 aliphatic carbocycles. The first kappa shape index (κ1) is 18.7. The van der Waals surface area contributed by atoms with E-state index in [1.54, 1.807) is 42.3 Å². The highest BCUT2D eigenvalue weighted by atomic mass is 16.5. The van der Waals surface area contributed by atoms with Crippen LogP contribution in [0.15, 0.2) is 66.9 Å². The van der Waals surface area contributed by atoms with Gasteiger partial charge < -0.3 is 15.0 Å². The first-order chi connectivity index (χ1) is 14.1. The van der Waals surface area contributed by atoms with Gasteiger partial charge in [0, 0.05) is 35.2 Å². The number of ether oxygens (including phenoxy) is 1. The van der Waals surface area contributed by atoms with Crippen LogP contribution in [0, 0.1) is 0 Å². The molecule has 3 aromatic rings. The molecular formula is C23H21N3O3. The zero-order chi connectivity index (χ0) is 20.4. The Hall–Kier alpha value is -3.67. The quantitative estimate of drug-likeness (QED) is 0.736. The Morgan fingerprint density at radius 2 is 1.93 bits per heavy atom. The number of methoxy groups -OCH3 is 1. The summed E-state index contributed by atoms with van der Waals surface area (Å²) in [6.45, 7) is 2.01. The fourth-order valence-electron chi connectivity index (χ4n) is 3.59. The summed E-state index contributed by atoms with van der Waals surface area (Å²) in [5.41, 5.74) is 3.26. The number of hydrogen-bond acceptors (Lipinski definition) is 4. The van der Waals surface area contributed by atoms with E-state index >= 15 is 0 Å². The lowest BCUT2D eigenvalue weighted by molar-refractivity contribution is 0.0976. The van der Waals surface area contributed by atoms with Gasteiger partial charge in [-0.15, -0.1) is 0 Å². The zero-order valence-corrected chi connectivity index (χ0v) is 16.3. The number of aromatic nitrogens is 1. The van der Waals surface area contributed by atoms with Crippen LogP contribution < -0.4 is 15.0 Å². The molecule has 1 aromatic heterocycles. The van der Waals surface area contributed by atoms with Crippen LogP contribution in [0.3, 0.4) is 0 Å². The molecule has 0 spiro atoms. The van der Waals surface area contributed by atoms with Crippen molar-refractivity contribution in [2.24, 2.45) is 0 Å². The second kappa shape index (κ2) is 7.75. The lowest BCUT2D eigenvalue weighted by atomic mass is 10.1. The van der Waals surface area contributed by atoms with E-state index in [1.165, 1.54) is 12.3 Å². The molecule has 1 aliphatic heterocycles. The summed E-state index contributed by atoms with van der Waals surface area (Å²) < 4.78 is 5.18. The van der Waals surface area contributed by atoms with E-state index in [2.05, 4.69) is 10.3 Å². The summed E-state index contributed by atoms with van der Waals surface area (Å²) in [4.78, 5) is 31.8. The standard InChI is InChI=1S/C23H21N3O3/c1-15-12-16-6-3-4-9-21(16)26(15)23(28)20-13-17(10-11-24-20)22(27)25-18-7-5-8-19(14-18)29-2/h3-11,13-15H,12H2,1-2H3,(H,25,27). The van der Waals surface area contributed by atoms with E-state index in [-0.39, 0.29) is 23.6 Å². The number of carbonyl (C=O) groups excluding carboxylic acids is 2. The van der Waals surface area contributed by atoms with Gasteiger partial charge in [0.15, 0.2) is 0 Å². The summed E-state index contributed by atoms with van der Waals surface area (Å²) in [6.07, 6.45) is 2.29. The van der Waals surface area contributed by atoms with E-state index in [0.29, 0.717) is 17.0 Å². The van der Waals surface area contributed by atoms with Crippen LogP contribution in [0.2, 0.25) is 0 Å². The minimum atomic E-state index is -0.315. The molecule has 2 aromatic carbocycles. The summed E-state index contributed by atoms with van der Waals surface area (Å²) >= 11 is 0.